The van der Waals surface area contributed by atoms with Crippen LogP contribution in [0.3, 0.4) is 0 Å². The Kier molecular flexibility index (Phi) is 6.86. The van der Waals surface area contributed by atoms with Crippen molar-refractivity contribution in [1.29, 1.82) is 0 Å². The normalized spacial score (nSPS) is 11.4. The van der Waals surface area contributed by atoms with E-state index >= 15 is 4.39 Å². The maximum Gasteiger partial charge on any atom is 0.208 e. The molecule has 190 valence electrons. The molecule has 6 aromatic rings. The van der Waals surface area contributed by atoms with Crippen molar-refractivity contribution in [3.63, 3.8) is 0 Å². The van der Waals surface area contributed by atoms with Crippen LogP contribution in [0.1, 0.15) is 22.3 Å². The highest BCUT2D eigenvalue weighted by Gasteiger charge is 2.41. The Morgan fingerprint density at radius 3 is 1.69 bits per heavy atom. The lowest BCUT2D eigenvalue weighted by Gasteiger charge is -2.34. The third-order valence-electron chi connectivity index (χ3n) is 6.94. The molecule has 0 N–H and O–H groups in total. The largest absolute Gasteiger partial charge is 0.208 e. The van der Waals surface area contributed by atoms with Gasteiger partial charge in [-0.15, -0.1) is 15.0 Å². The molecule has 0 unspecified atom stereocenters. The number of rotatable bonds is 7. The number of alkyl halides is 1. The SMILES string of the molecule is Fc1cccc(-c2ccc(CBr)cc2)c1-c1nnn(C(c2ccccc2)(c2ccccc2)c2ccccc2)n1. The first kappa shape index (κ1) is 24.9. The summed E-state index contributed by atoms with van der Waals surface area (Å²) in [5, 5.41) is 14.7. The molecule has 1 aromatic heterocycles. The van der Waals surface area contributed by atoms with Gasteiger partial charge < -0.3 is 0 Å². The van der Waals surface area contributed by atoms with E-state index in [9.17, 15) is 0 Å². The fourth-order valence-electron chi connectivity index (χ4n) is 5.11. The molecule has 0 aliphatic heterocycles. The lowest BCUT2D eigenvalue weighted by atomic mass is 9.77. The predicted molar refractivity (Wildman–Crippen MR) is 156 cm³/mol. The van der Waals surface area contributed by atoms with Gasteiger partial charge in [-0.05, 0) is 44.7 Å². The highest BCUT2D eigenvalue weighted by molar-refractivity contribution is 9.08. The molecule has 0 saturated carbocycles. The van der Waals surface area contributed by atoms with Crippen molar-refractivity contribution in [3.8, 4) is 22.5 Å². The Morgan fingerprint density at radius 1 is 0.641 bits per heavy atom. The molecule has 0 bridgehead atoms. The number of aromatic nitrogens is 4. The molecule has 0 saturated heterocycles. The number of nitrogens with zero attached hydrogens (tertiary/aromatic N) is 4. The third kappa shape index (κ3) is 4.47. The van der Waals surface area contributed by atoms with Crippen molar-refractivity contribution < 1.29 is 4.39 Å². The van der Waals surface area contributed by atoms with Gasteiger partial charge in [0.2, 0.25) is 5.82 Å². The van der Waals surface area contributed by atoms with Crippen LogP contribution in [0.2, 0.25) is 0 Å². The molecule has 6 rings (SSSR count). The molecule has 4 nitrogen and oxygen atoms in total. The zero-order valence-electron chi connectivity index (χ0n) is 21.0. The fourth-order valence-corrected chi connectivity index (χ4v) is 5.48. The molecule has 5 aromatic carbocycles. The van der Waals surface area contributed by atoms with E-state index in [-0.39, 0.29) is 5.82 Å². The van der Waals surface area contributed by atoms with Gasteiger partial charge in [-0.3, -0.25) is 0 Å². The number of hydrogen-bond donors (Lipinski definition) is 0. The van der Waals surface area contributed by atoms with Gasteiger partial charge in [0, 0.05) is 5.33 Å². The molecule has 0 amide bonds. The van der Waals surface area contributed by atoms with E-state index in [4.69, 9.17) is 5.10 Å². The molecule has 6 heteroatoms. The zero-order valence-corrected chi connectivity index (χ0v) is 22.5. The van der Waals surface area contributed by atoms with E-state index in [2.05, 4.69) is 62.6 Å². The minimum absolute atomic E-state index is 0.222. The van der Waals surface area contributed by atoms with Gasteiger partial charge >= 0.3 is 0 Å². The molecule has 0 atom stereocenters. The lowest BCUT2D eigenvalue weighted by molar-refractivity contribution is 0.395. The number of hydrogen-bond acceptors (Lipinski definition) is 3. The maximum absolute atomic E-state index is 15.5. The van der Waals surface area contributed by atoms with Crippen LogP contribution < -0.4 is 0 Å². The van der Waals surface area contributed by atoms with Gasteiger partial charge in [-0.2, -0.15) is 0 Å². The molecule has 39 heavy (non-hydrogen) atoms. The Bertz CT molecular complexity index is 1590. The fraction of sp³-hybridized carbons (Fsp3) is 0.0606. The quantitative estimate of drug-likeness (QED) is 0.144. The van der Waals surface area contributed by atoms with Crippen molar-refractivity contribution in [2.45, 2.75) is 10.9 Å². The molecule has 0 fully saturated rings. The van der Waals surface area contributed by atoms with Crippen molar-refractivity contribution in [1.82, 2.24) is 20.2 Å². The van der Waals surface area contributed by atoms with E-state index in [0.29, 0.717) is 11.1 Å². The van der Waals surface area contributed by atoms with Gasteiger partial charge in [-0.1, -0.05) is 143 Å². The molecule has 1 heterocycles. The molecule has 0 spiro atoms. The highest BCUT2D eigenvalue weighted by atomic mass is 79.9. The van der Waals surface area contributed by atoms with E-state index in [1.54, 1.807) is 10.9 Å². The van der Waals surface area contributed by atoms with Crippen LogP contribution in [-0.2, 0) is 10.9 Å². The summed E-state index contributed by atoms with van der Waals surface area (Å²) >= 11 is 3.49. The molecular weight excluding hydrogens is 551 g/mol. The molecular formula is C33H24BrFN4. The van der Waals surface area contributed by atoms with Crippen LogP contribution in [0.4, 0.5) is 4.39 Å². The third-order valence-corrected chi connectivity index (χ3v) is 7.59. The average molecular weight is 575 g/mol. The Morgan fingerprint density at radius 2 is 1.18 bits per heavy atom. The molecule has 0 aliphatic carbocycles. The van der Waals surface area contributed by atoms with E-state index < -0.39 is 11.4 Å². The predicted octanol–water partition coefficient (Wildman–Crippen LogP) is 7.88. The Balaban J connectivity index is 1.60. The second kappa shape index (κ2) is 10.8. The van der Waals surface area contributed by atoms with Gasteiger partial charge in [-0.25, -0.2) is 4.39 Å². The summed E-state index contributed by atoms with van der Waals surface area (Å²) in [4.78, 5) is 1.62. The van der Waals surface area contributed by atoms with Gasteiger partial charge in [0.1, 0.15) is 5.82 Å². The van der Waals surface area contributed by atoms with Crippen molar-refractivity contribution in [2.75, 3.05) is 0 Å². The van der Waals surface area contributed by atoms with Crippen LogP contribution in [-0.4, -0.2) is 20.2 Å². The monoisotopic (exact) mass is 574 g/mol. The van der Waals surface area contributed by atoms with Crippen molar-refractivity contribution >= 4 is 15.9 Å². The standard InChI is InChI=1S/C33H24BrFN4/c34-23-24-19-21-25(22-20-24)29-17-10-18-30(35)31(29)32-36-38-39(37-32)33(26-11-4-1-5-12-26,27-13-6-2-7-14-27)28-15-8-3-9-16-28/h1-22H,23H2. The minimum atomic E-state index is -0.933. The van der Waals surface area contributed by atoms with E-state index in [0.717, 1.165) is 33.1 Å². The average Bonchev–Trinajstić information content (AvgIpc) is 3.49. The second-order valence-corrected chi connectivity index (χ2v) is 9.76. The smallest absolute Gasteiger partial charge is 0.206 e. The van der Waals surface area contributed by atoms with E-state index in [1.807, 2.05) is 84.9 Å². The van der Waals surface area contributed by atoms with Crippen LogP contribution in [0.15, 0.2) is 133 Å². The molecule has 0 radical (unpaired) electrons. The summed E-state index contributed by atoms with van der Waals surface area (Å²) in [6.07, 6.45) is 0. The van der Waals surface area contributed by atoms with Gasteiger partial charge in [0.05, 0.1) is 5.56 Å². The second-order valence-electron chi connectivity index (χ2n) is 9.20. The summed E-state index contributed by atoms with van der Waals surface area (Å²) in [6.45, 7) is 0. The van der Waals surface area contributed by atoms with E-state index in [1.165, 1.54) is 6.07 Å². The molecule has 0 aliphatic rings. The first-order valence-electron chi connectivity index (χ1n) is 12.6. The number of benzene rings is 5. The lowest BCUT2D eigenvalue weighted by Crippen LogP contribution is -2.39. The Hall–Kier alpha value is -4.42. The topological polar surface area (TPSA) is 43.6 Å². The van der Waals surface area contributed by atoms with Crippen LogP contribution in [0, 0.1) is 5.82 Å². The van der Waals surface area contributed by atoms with Crippen LogP contribution in [0.5, 0.6) is 0 Å². The van der Waals surface area contributed by atoms with Crippen LogP contribution >= 0.6 is 15.9 Å². The summed E-state index contributed by atoms with van der Waals surface area (Å²) in [6, 6.07) is 43.3. The van der Waals surface area contributed by atoms with Crippen molar-refractivity contribution in [2.24, 2.45) is 0 Å². The summed E-state index contributed by atoms with van der Waals surface area (Å²) in [5.74, 6) is -0.179. The van der Waals surface area contributed by atoms with Crippen molar-refractivity contribution in [3.05, 3.63) is 162 Å². The first-order valence-corrected chi connectivity index (χ1v) is 13.7. The number of tetrazole rings is 1. The van der Waals surface area contributed by atoms with Crippen LogP contribution in [0.25, 0.3) is 22.5 Å². The highest BCUT2D eigenvalue weighted by Crippen LogP contribution is 2.40. The minimum Gasteiger partial charge on any atom is -0.206 e. The summed E-state index contributed by atoms with van der Waals surface area (Å²) < 4.78 is 15.5. The van der Waals surface area contributed by atoms with Gasteiger partial charge in [0.15, 0.2) is 5.54 Å². The zero-order chi connectivity index (χ0) is 26.7. The summed E-state index contributed by atoms with van der Waals surface area (Å²) in [5.41, 5.74) is 5.00. The Labute approximate surface area is 234 Å². The maximum atomic E-state index is 15.5. The first-order chi connectivity index (χ1) is 19.2. The number of halogens is 2. The summed E-state index contributed by atoms with van der Waals surface area (Å²) in [7, 11) is 0. The van der Waals surface area contributed by atoms with Gasteiger partial charge in [0.25, 0.3) is 0 Å².